The molecule has 0 aliphatic rings. The van der Waals surface area contributed by atoms with Crippen molar-refractivity contribution in [1.29, 1.82) is 0 Å². The lowest BCUT2D eigenvalue weighted by molar-refractivity contribution is -0.136. The molecule has 6 nitrogen and oxygen atoms in total. The second kappa shape index (κ2) is 8.61. The van der Waals surface area contributed by atoms with E-state index in [-0.39, 0.29) is 12.4 Å². The molecule has 0 radical (unpaired) electrons. The first-order chi connectivity index (χ1) is 9.99. The van der Waals surface area contributed by atoms with E-state index in [1.807, 2.05) is 4.90 Å². The molecule has 0 aromatic carbocycles. The predicted molar refractivity (Wildman–Crippen MR) is 82.2 cm³/mol. The number of carbonyl (C=O) groups is 2. The number of thiazole rings is 1. The highest BCUT2D eigenvalue weighted by atomic mass is 32.1. The largest absolute Gasteiger partial charge is 0.481 e. The van der Waals surface area contributed by atoms with Crippen LogP contribution in [-0.4, -0.2) is 41.7 Å². The number of carbonyl (C=O) groups excluding carboxylic acids is 1. The van der Waals surface area contributed by atoms with E-state index in [4.69, 9.17) is 9.84 Å². The summed E-state index contributed by atoms with van der Waals surface area (Å²) in [5.74, 6) is -1.21. The lowest BCUT2D eigenvalue weighted by Crippen LogP contribution is -2.27. The second-order valence-electron chi connectivity index (χ2n) is 4.62. The lowest BCUT2D eigenvalue weighted by Gasteiger charge is -2.20. The molecule has 0 bridgehead atoms. The summed E-state index contributed by atoms with van der Waals surface area (Å²) in [6.45, 7) is 7.05. The molecule has 1 N–H and O–H groups in total. The molecule has 1 rings (SSSR count). The molecule has 0 unspecified atom stereocenters. The van der Waals surface area contributed by atoms with Crippen LogP contribution in [0.1, 0.15) is 48.5 Å². The summed E-state index contributed by atoms with van der Waals surface area (Å²) in [6.07, 6.45) is 2.02. The van der Waals surface area contributed by atoms with Crippen LogP contribution in [0.5, 0.6) is 0 Å². The third-order valence-electron chi connectivity index (χ3n) is 2.89. The molecule has 0 fully saturated rings. The number of esters is 1. The third-order valence-corrected chi connectivity index (χ3v) is 4.09. The van der Waals surface area contributed by atoms with Crippen LogP contribution in [0.15, 0.2) is 0 Å². The maximum absolute atomic E-state index is 11.8. The molecule has 0 saturated carbocycles. The van der Waals surface area contributed by atoms with E-state index in [1.54, 1.807) is 13.8 Å². The first kappa shape index (κ1) is 17.4. The number of carboxylic acids is 1. The van der Waals surface area contributed by atoms with Gasteiger partial charge in [-0.2, -0.15) is 0 Å². The quantitative estimate of drug-likeness (QED) is 0.706. The number of rotatable bonds is 9. The van der Waals surface area contributed by atoms with Gasteiger partial charge < -0.3 is 14.7 Å². The summed E-state index contributed by atoms with van der Waals surface area (Å²) >= 11 is 1.27. The first-order valence-corrected chi connectivity index (χ1v) is 7.92. The van der Waals surface area contributed by atoms with E-state index < -0.39 is 5.97 Å². The fraction of sp³-hybridized carbons (Fsp3) is 0.643. The van der Waals surface area contributed by atoms with Crippen molar-refractivity contribution in [2.75, 3.05) is 24.6 Å². The van der Waals surface area contributed by atoms with Crippen molar-refractivity contribution in [3.8, 4) is 0 Å². The van der Waals surface area contributed by atoms with Crippen LogP contribution < -0.4 is 4.90 Å². The fourth-order valence-corrected chi connectivity index (χ4v) is 2.80. The zero-order valence-corrected chi connectivity index (χ0v) is 13.5. The van der Waals surface area contributed by atoms with E-state index in [2.05, 4.69) is 11.9 Å². The normalized spacial score (nSPS) is 10.4. The van der Waals surface area contributed by atoms with Gasteiger partial charge in [0.2, 0.25) is 0 Å². The standard InChI is InChI=1S/C14H22N2O4S/c1-4-6-8-16(9-7-11(17)18)14-15-10(3)12(21-14)13(19)20-5-2/h4-9H2,1-3H3,(H,17,18). The Kier molecular flexibility index (Phi) is 7.14. The number of unbranched alkanes of at least 4 members (excludes halogenated alkanes) is 1. The number of anilines is 1. The number of hydrogen-bond acceptors (Lipinski definition) is 6. The summed E-state index contributed by atoms with van der Waals surface area (Å²) in [6, 6.07) is 0. The molecule has 1 aromatic heterocycles. The Morgan fingerprint density at radius 3 is 2.62 bits per heavy atom. The van der Waals surface area contributed by atoms with Crippen molar-refractivity contribution in [2.45, 2.75) is 40.0 Å². The molecule has 0 aliphatic heterocycles. The smallest absolute Gasteiger partial charge is 0.350 e. The topological polar surface area (TPSA) is 79.7 Å². The molecular formula is C14H22N2O4S. The third kappa shape index (κ3) is 5.34. The van der Waals surface area contributed by atoms with Gasteiger partial charge in [-0.25, -0.2) is 9.78 Å². The molecular weight excluding hydrogens is 292 g/mol. The Hall–Kier alpha value is -1.63. The average molecular weight is 314 g/mol. The van der Waals surface area contributed by atoms with E-state index in [0.29, 0.717) is 28.9 Å². The van der Waals surface area contributed by atoms with Gasteiger partial charge in [-0.3, -0.25) is 4.79 Å². The maximum atomic E-state index is 11.8. The molecule has 0 aliphatic carbocycles. The predicted octanol–water partition coefficient (Wildman–Crippen LogP) is 2.71. The summed E-state index contributed by atoms with van der Waals surface area (Å²) in [5, 5.41) is 9.52. The molecule has 7 heteroatoms. The highest BCUT2D eigenvalue weighted by molar-refractivity contribution is 7.17. The Bertz CT molecular complexity index is 487. The molecule has 0 amide bonds. The van der Waals surface area contributed by atoms with Crippen LogP contribution in [0.2, 0.25) is 0 Å². The van der Waals surface area contributed by atoms with Crippen molar-refractivity contribution < 1.29 is 19.4 Å². The lowest BCUT2D eigenvalue weighted by atomic mass is 10.3. The monoisotopic (exact) mass is 314 g/mol. The average Bonchev–Trinajstić information content (AvgIpc) is 2.81. The molecule has 1 aromatic rings. The van der Waals surface area contributed by atoms with Crippen LogP contribution in [0.4, 0.5) is 5.13 Å². The van der Waals surface area contributed by atoms with Crippen LogP contribution in [0, 0.1) is 6.92 Å². The van der Waals surface area contributed by atoms with Crippen molar-refractivity contribution in [1.82, 2.24) is 4.98 Å². The molecule has 118 valence electrons. The van der Waals surface area contributed by atoms with Gasteiger partial charge in [0.1, 0.15) is 4.88 Å². The second-order valence-corrected chi connectivity index (χ2v) is 5.59. The number of nitrogens with zero attached hydrogens (tertiary/aromatic N) is 2. The van der Waals surface area contributed by atoms with Gasteiger partial charge in [-0.15, -0.1) is 0 Å². The number of aliphatic carboxylic acids is 1. The summed E-state index contributed by atoms with van der Waals surface area (Å²) < 4.78 is 5.00. The van der Waals surface area contributed by atoms with Gasteiger partial charge in [0.05, 0.1) is 18.7 Å². The van der Waals surface area contributed by atoms with Gasteiger partial charge >= 0.3 is 11.9 Å². The number of ether oxygens (including phenoxy) is 1. The van der Waals surface area contributed by atoms with Crippen molar-refractivity contribution in [3.05, 3.63) is 10.6 Å². The molecule has 21 heavy (non-hydrogen) atoms. The summed E-state index contributed by atoms with van der Waals surface area (Å²) in [5.41, 5.74) is 0.630. The number of aryl methyl sites for hydroxylation is 1. The SMILES string of the molecule is CCCCN(CCC(=O)O)c1nc(C)c(C(=O)OCC)s1. The highest BCUT2D eigenvalue weighted by Crippen LogP contribution is 2.27. The number of carboxylic acid groups (broad SMARTS) is 1. The minimum absolute atomic E-state index is 0.0527. The zero-order chi connectivity index (χ0) is 15.8. The molecule has 0 atom stereocenters. The Labute approximate surface area is 128 Å². The van der Waals surface area contributed by atoms with Crippen molar-refractivity contribution in [2.24, 2.45) is 0 Å². The van der Waals surface area contributed by atoms with E-state index >= 15 is 0 Å². The number of hydrogen-bond donors (Lipinski definition) is 1. The van der Waals surface area contributed by atoms with Gasteiger partial charge in [0.25, 0.3) is 0 Å². The van der Waals surface area contributed by atoms with E-state index in [1.165, 1.54) is 11.3 Å². The summed E-state index contributed by atoms with van der Waals surface area (Å²) in [4.78, 5) is 29.4. The summed E-state index contributed by atoms with van der Waals surface area (Å²) in [7, 11) is 0. The Morgan fingerprint density at radius 1 is 1.33 bits per heavy atom. The van der Waals surface area contributed by atoms with Crippen LogP contribution in [0.25, 0.3) is 0 Å². The van der Waals surface area contributed by atoms with Gasteiger partial charge in [-0.05, 0) is 20.3 Å². The van der Waals surface area contributed by atoms with E-state index in [9.17, 15) is 9.59 Å². The van der Waals surface area contributed by atoms with Crippen LogP contribution in [0.3, 0.4) is 0 Å². The minimum atomic E-state index is -0.838. The molecule has 0 spiro atoms. The maximum Gasteiger partial charge on any atom is 0.350 e. The minimum Gasteiger partial charge on any atom is -0.481 e. The Morgan fingerprint density at radius 2 is 2.05 bits per heavy atom. The molecule has 1 heterocycles. The van der Waals surface area contributed by atoms with E-state index in [0.717, 1.165) is 19.4 Å². The van der Waals surface area contributed by atoms with Gasteiger partial charge in [-0.1, -0.05) is 24.7 Å². The van der Waals surface area contributed by atoms with Gasteiger partial charge in [0, 0.05) is 13.1 Å². The molecule has 0 saturated heterocycles. The van der Waals surface area contributed by atoms with Crippen molar-refractivity contribution in [3.63, 3.8) is 0 Å². The first-order valence-electron chi connectivity index (χ1n) is 7.10. The van der Waals surface area contributed by atoms with Gasteiger partial charge in [0.15, 0.2) is 5.13 Å². The number of aromatic nitrogens is 1. The fourth-order valence-electron chi connectivity index (χ4n) is 1.79. The van der Waals surface area contributed by atoms with Crippen LogP contribution >= 0.6 is 11.3 Å². The Balaban J connectivity index is 2.88. The van der Waals surface area contributed by atoms with Crippen LogP contribution in [-0.2, 0) is 9.53 Å². The zero-order valence-electron chi connectivity index (χ0n) is 12.7. The highest BCUT2D eigenvalue weighted by Gasteiger charge is 2.20. The van der Waals surface area contributed by atoms with Crippen molar-refractivity contribution >= 4 is 28.4 Å².